The molecule has 23 heavy (non-hydrogen) atoms. The van der Waals surface area contributed by atoms with E-state index in [1.54, 1.807) is 0 Å². The van der Waals surface area contributed by atoms with Gasteiger partial charge in [0.1, 0.15) is 5.75 Å². The predicted molar refractivity (Wildman–Crippen MR) is 88.2 cm³/mol. The zero-order chi connectivity index (χ0) is 15.8. The molecule has 0 unspecified atom stereocenters. The van der Waals surface area contributed by atoms with E-state index in [-0.39, 0.29) is 0 Å². The molecular weight excluding hydrogens is 292 g/mol. The van der Waals surface area contributed by atoms with Crippen molar-refractivity contribution < 1.29 is 14.2 Å². The van der Waals surface area contributed by atoms with Crippen LogP contribution in [0, 0.1) is 0 Å². The first kappa shape index (κ1) is 15.1. The standard InChI is InChI=1S/C18H26N2O3/c1-3-21-16-8-18-17(22-12-23-18)7-14(16)10-20-11-15-5-4-6-19(15)9-13(20)2/h7-8,13,15H,3-6,9-12H2,1-2H3/t13-,15-/m0/s1. The van der Waals surface area contributed by atoms with Crippen LogP contribution >= 0.6 is 0 Å². The molecule has 1 aromatic rings. The molecule has 3 heterocycles. The molecule has 4 rings (SSSR count). The van der Waals surface area contributed by atoms with Crippen LogP contribution in [0.2, 0.25) is 0 Å². The lowest BCUT2D eigenvalue weighted by Gasteiger charge is -2.42. The maximum Gasteiger partial charge on any atom is 0.231 e. The number of piperazine rings is 1. The molecule has 0 spiro atoms. The van der Waals surface area contributed by atoms with E-state index in [0.29, 0.717) is 19.4 Å². The van der Waals surface area contributed by atoms with Crippen LogP contribution in [0.1, 0.15) is 32.3 Å². The molecule has 126 valence electrons. The molecule has 0 saturated carbocycles. The maximum absolute atomic E-state index is 5.85. The normalized spacial score (nSPS) is 27.2. The van der Waals surface area contributed by atoms with Gasteiger partial charge in [0.2, 0.25) is 6.79 Å². The Morgan fingerprint density at radius 1 is 1.22 bits per heavy atom. The molecule has 1 aromatic carbocycles. The van der Waals surface area contributed by atoms with Gasteiger partial charge in [-0.1, -0.05) is 0 Å². The minimum absolute atomic E-state index is 0.307. The predicted octanol–water partition coefficient (Wildman–Crippen LogP) is 2.48. The van der Waals surface area contributed by atoms with Crippen molar-refractivity contribution in [2.75, 3.05) is 33.0 Å². The highest BCUT2D eigenvalue weighted by Gasteiger charge is 2.34. The summed E-state index contributed by atoms with van der Waals surface area (Å²) < 4.78 is 16.9. The van der Waals surface area contributed by atoms with Crippen LogP contribution in [0.25, 0.3) is 0 Å². The highest BCUT2D eigenvalue weighted by atomic mass is 16.7. The first-order valence-corrected chi connectivity index (χ1v) is 8.78. The Hall–Kier alpha value is -1.46. The van der Waals surface area contributed by atoms with Crippen LogP contribution in [0.5, 0.6) is 17.2 Å². The van der Waals surface area contributed by atoms with Gasteiger partial charge in [-0.05, 0) is 39.3 Å². The van der Waals surface area contributed by atoms with Crippen LogP contribution < -0.4 is 14.2 Å². The number of benzene rings is 1. The molecule has 0 N–H and O–H groups in total. The Bertz CT molecular complexity index is 578. The summed E-state index contributed by atoms with van der Waals surface area (Å²) in [4.78, 5) is 5.25. The van der Waals surface area contributed by atoms with Crippen LogP contribution in [0.3, 0.4) is 0 Å². The zero-order valence-electron chi connectivity index (χ0n) is 14.1. The average Bonchev–Trinajstić information content (AvgIpc) is 3.16. The summed E-state index contributed by atoms with van der Waals surface area (Å²) in [5, 5.41) is 0. The van der Waals surface area contributed by atoms with E-state index in [9.17, 15) is 0 Å². The maximum atomic E-state index is 5.85. The number of fused-ring (bicyclic) bond motifs is 2. The quantitative estimate of drug-likeness (QED) is 0.852. The van der Waals surface area contributed by atoms with E-state index >= 15 is 0 Å². The lowest BCUT2D eigenvalue weighted by atomic mass is 10.1. The first-order valence-electron chi connectivity index (χ1n) is 8.78. The fraction of sp³-hybridized carbons (Fsp3) is 0.667. The highest BCUT2D eigenvalue weighted by Crippen LogP contribution is 2.39. The van der Waals surface area contributed by atoms with Crippen molar-refractivity contribution in [3.8, 4) is 17.2 Å². The molecule has 5 nitrogen and oxygen atoms in total. The van der Waals surface area contributed by atoms with E-state index in [1.165, 1.54) is 31.5 Å². The Morgan fingerprint density at radius 2 is 2.04 bits per heavy atom. The van der Waals surface area contributed by atoms with Gasteiger partial charge in [-0.25, -0.2) is 0 Å². The van der Waals surface area contributed by atoms with E-state index < -0.39 is 0 Å². The van der Waals surface area contributed by atoms with E-state index in [4.69, 9.17) is 14.2 Å². The number of ether oxygens (including phenoxy) is 3. The highest BCUT2D eigenvalue weighted by molar-refractivity contribution is 5.51. The molecule has 2 atom stereocenters. The molecule has 0 aromatic heterocycles. The monoisotopic (exact) mass is 318 g/mol. The summed E-state index contributed by atoms with van der Waals surface area (Å²) in [6, 6.07) is 5.39. The number of nitrogens with zero attached hydrogens (tertiary/aromatic N) is 2. The largest absolute Gasteiger partial charge is 0.493 e. The van der Waals surface area contributed by atoms with Crippen molar-refractivity contribution in [2.45, 2.75) is 45.3 Å². The SMILES string of the molecule is CCOc1cc2c(cc1CN1C[C@@H]3CCCN3C[C@@H]1C)OCO2. The Kier molecular flexibility index (Phi) is 4.07. The third kappa shape index (κ3) is 2.88. The fourth-order valence-electron chi connectivity index (χ4n) is 4.07. The minimum Gasteiger partial charge on any atom is -0.493 e. The van der Waals surface area contributed by atoms with Crippen molar-refractivity contribution in [2.24, 2.45) is 0 Å². The summed E-state index contributed by atoms with van der Waals surface area (Å²) in [6.45, 7) is 9.85. The van der Waals surface area contributed by atoms with Crippen molar-refractivity contribution in [1.82, 2.24) is 9.80 Å². The van der Waals surface area contributed by atoms with Gasteiger partial charge in [0.25, 0.3) is 0 Å². The molecule has 5 heteroatoms. The number of hydrogen-bond acceptors (Lipinski definition) is 5. The van der Waals surface area contributed by atoms with Crippen LogP contribution in [-0.2, 0) is 6.54 Å². The fourth-order valence-corrected chi connectivity index (χ4v) is 4.07. The Balaban J connectivity index is 1.55. The Morgan fingerprint density at radius 3 is 2.87 bits per heavy atom. The summed E-state index contributed by atoms with van der Waals surface area (Å²) in [5.41, 5.74) is 1.20. The lowest BCUT2D eigenvalue weighted by Crippen LogP contribution is -2.54. The van der Waals surface area contributed by atoms with Gasteiger partial charge in [0.15, 0.2) is 11.5 Å². The van der Waals surface area contributed by atoms with Gasteiger partial charge < -0.3 is 14.2 Å². The van der Waals surface area contributed by atoms with Crippen molar-refractivity contribution >= 4 is 0 Å². The molecule has 0 amide bonds. The third-order valence-corrected chi connectivity index (χ3v) is 5.30. The summed E-state index contributed by atoms with van der Waals surface area (Å²) >= 11 is 0. The first-order chi connectivity index (χ1) is 11.2. The molecule has 0 aliphatic carbocycles. The van der Waals surface area contributed by atoms with E-state index in [1.807, 2.05) is 13.0 Å². The molecule has 0 radical (unpaired) electrons. The van der Waals surface area contributed by atoms with Gasteiger partial charge >= 0.3 is 0 Å². The number of rotatable bonds is 4. The van der Waals surface area contributed by atoms with Crippen molar-refractivity contribution in [3.63, 3.8) is 0 Å². The van der Waals surface area contributed by atoms with Gasteiger partial charge in [0.05, 0.1) is 6.61 Å². The number of hydrogen-bond donors (Lipinski definition) is 0. The second kappa shape index (κ2) is 6.21. The second-order valence-corrected chi connectivity index (χ2v) is 6.82. The summed E-state index contributed by atoms with van der Waals surface area (Å²) in [6.07, 6.45) is 2.68. The summed E-state index contributed by atoms with van der Waals surface area (Å²) in [7, 11) is 0. The third-order valence-electron chi connectivity index (χ3n) is 5.30. The van der Waals surface area contributed by atoms with Crippen molar-refractivity contribution in [1.29, 1.82) is 0 Å². The van der Waals surface area contributed by atoms with Crippen molar-refractivity contribution in [3.05, 3.63) is 17.7 Å². The van der Waals surface area contributed by atoms with Crippen LogP contribution in [-0.4, -0.2) is 54.9 Å². The lowest BCUT2D eigenvalue weighted by molar-refractivity contribution is 0.0534. The van der Waals surface area contributed by atoms with Crippen LogP contribution in [0.4, 0.5) is 0 Å². The van der Waals surface area contributed by atoms with Gasteiger partial charge in [-0.15, -0.1) is 0 Å². The van der Waals surface area contributed by atoms with Gasteiger partial charge in [0, 0.05) is 43.3 Å². The molecule has 2 saturated heterocycles. The molecule has 0 bridgehead atoms. The van der Waals surface area contributed by atoms with Crippen LogP contribution in [0.15, 0.2) is 12.1 Å². The van der Waals surface area contributed by atoms with E-state index in [2.05, 4.69) is 22.8 Å². The average molecular weight is 318 g/mol. The second-order valence-electron chi connectivity index (χ2n) is 6.82. The topological polar surface area (TPSA) is 34.2 Å². The summed E-state index contributed by atoms with van der Waals surface area (Å²) in [5.74, 6) is 2.57. The van der Waals surface area contributed by atoms with Gasteiger partial charge in [-0.2, -0.15) is 0 Å². The Labute approximate surface area is 138 Å². The minimum atomic E-state index is 0.307. The zero-order valence-corrected chi connectivity index (χ0v) is 14.1. The molecular formula is C18H26N2O3. The molecule has 2 fully saturated rings. The smallest absolute Gasteiger partial charge is 0.231 e. The molecule has 3 aliphatic rings. The van der Waals surface area contributed by atoms with E-state index in [0.717, 1.165) is 36.4 Å². The van der Waals surface area contributed by atoms with Gasteiger partial charge in [-0.3, -0.25) is 9.80 Å². The molecule has 3 aliphatic heterocycles.